The SMILES string of the molecule is COCCOC(=O)N1CCc2c([nH]c3ccc(Cl)cc23)C1c1ccc(OCCNc2ncc(C)s2)cc1. The number of nitrogens with one attached hydrogen (secondary N) is 2. The van der Waals surface area contributed by atoms with Gasteiger partial charge in [-0.25, -0.2) is 9.78 Å². The van der Waals surface area contributed by atoms with Crippen LogP contribution in [0.4, 0.5) is 9.93 Å². The summed E-state index contributed by atoms with van der Waals surface area (Å²) in [5, 5.41) is 5.93. The number of amides is 1. The van der Waals surface area contributed by atoms with Crippen molar-refractivity contribution >= 4 is 45.1 Å². The molecule has 4 aromatic rings. The lowest BCUT2D eigenvalue weighted by molar-refractivity contribution is 0.0629. The first-order valence-corrected chi connectivity index (χ1v) is 13.3. The molecule has 5 rings (SSSR count). The maximum absolute atomic E-state index is 13.1. The van der Waals surface area contributed by atoms with Gasteiger partial charge in [-0.15, -0.1) is 11.3 Å². The Morgan fingerprint density at radius 2 is 2.05 bits per heavy atom. The molecule has 1 aliphatic heterocycles. The second kappa shape index (κ2) is 11.4. The third-order valence-corrected chi connectivity index (χ3v) is 7.41. The van der Waals surface area contributed by atoms with Crippen molar-refractivity contribution in [2.24, 2.45) is 0 Å². The van der Waals surface area contributed by atoms with Gasteiger partial charge in [-0.1, -0.05) is 23.7 Å². The van der Waals surface area contributed by atoms with Gasteiger partial charge in [0.05, 0.1) is 13.2 Å². The summed E-state index contributed by atoms with van der Waals surface area (Å²) in [5.41, 5.74) is 4.11. The van der Waals surface area contributed by atoms with Crippen LogP contribution in [0.5, 0.6) is 5.75 Å². The van der Waals surface area contributed by atoms with Crippen LogP contribution < -0.4 is 10.1 Å². The van der Waals surface area contributed by atoms with E-state index in [0.717, 1.165) is 33.0 Å². The van der Waals surface area contributed by atoms with Gasteiger partial charge in [-0.2, -0.15) is 0 Å². The molecular weight excluding hydrogens is 512 g/mol. The summed E-state index contributed by atoms with van der Waals surface area (Å²) in [6, 6.07) is 13.4. The fourth-order valence-electron chi connectivity index (χ4n) is 4.61. The van der Waals surface area contributed by atoms with E-state index in [1.54, 1.807) is 23.3 Å². The lowest BCUT2D eigenvalue weighted by Gasteiger charge is -2.35. The summed E-state index contributed by atoms with van der Waals surface area (Å²) in [6.45, 7) is 4.27. The smallest absolute Gasteiger partial charge is 0.410 e. The number of carbonyl (C=O) groups is 1. The fraction of sp³-hybridized carbons (Fsp3) is 0.333. The number of benzene rings is 2. The van der Waals surface area contributed by atoms with Crippen LogP contribution in [0, 0.1) is 6.92 Å². The Morgan fingerprint density at radius 3 is 2.81 bits per heavy atom. The lowest BCUT2D eigenvalue weighted by Crippen LogP contribution is -2.41. The first kappa shape index (κ1) is 25.4. The number of aromatic amines is 1. The first-order chi connectivity index (χ1) is 18.0. The molecule has 0 radical (unpaired) electrons. The number of methoxy groups -OCH3 is 1. The summed E-state index contributed by atoms with van der Waals surface area (Å²) in [7, 11) is 1.58. The lowest BCUT2D eigenvalue weighted by atomic mass is 9.92. The molecule has 0 fully saturated rings. The molecule has 2 aromatic carbocycles. The number of thiazole rings is 1. The number of hydrogen-bond acceptors (Lipinski definition) is 7. The number of aryl methyl sites for hydroxylation is 1. The van der Waals surface area contributed by atoms with Gasteiger partial charge < -0.3 is 24.5 Å². The van der Waals surface area contributed by atoms with Crippen LogP contribution in [0.15, 0.2) is 48.7 Å². The Balaban J connectivity index is 1.35. The minimum absolute atomic E-state index is 0.203. The van der Waals surface area contributed by atoms with Crippen LogP contribution in [-0.2, 0) is 15.9 Å². The summed E-state index contributed by atoms with van der Waals surface area (Å²) in [4.78, 5) is 23.8. The Hall–Kier alpha value is -3.27. The van der Waals surface area contributed by atoms with E-state index in [4.69, 9.17) is 25.8 Å². The summed E-state index contributed by atoms with van der Waals surface area (Å²) < 4.78 is 16.5. The van der Waals surface area contributed by atoms with Crippen LogP contribution in [-0.4, -0.2) is 61.0 Å². The number of ether oxygens (including phenoxy) is 3. The zero-order valence-electron chi connectivity index (χ0n) is 20.8. The molecule has 1 atom stereocenters. The topological polar surface area (TPSA) is 88.7 Å². The fourth-order valence-corrected chi connectivity index (χ4v) is 5.47. The Morgan fingerprint density at radius 1 is 1.22 bits per heavy atom. The van der Waals surface area contributed by atoms with Gasteiger partial charge in [0.1, 0.15) is 25.0 Å². The van der Waals surface area contributed by atoms with E-state index in [1.807, 2.05) is 55.6 Å². The maximum Gasteiger partial charge on any atom is 0.410 e. The molecule has 0 saturated heterocycles. The number of fused-ring (bicyclic) bond motifs is 3. The van der Waals surface area contributed by atoms with Crippen molar-refractivity contribution in [2.45, 2.75) is 19.4 Å². The average molecular weight is 541 g/mol. The van der Waals surface area contributed by atoms with Crippen LogP contribution >= 0.6 is 22.9 Å². The number of aromatic nitrogens is 2. The van der Waals surface area contributed by atoms with Crippen LogP contribution in [0.25, 0.3) is 10.9 Å². The van der Waals surface area contributed by atoms with Crippen molar-refractivity contribution in [3.8, 4) is 5.75 Å². The first-order valence-electron chi connectivity index (χ1n) is 12.1. The minimum atomic E-state index is -0.367. The molecule has 1 aliphatic rings. The highest BCUT2D eigenvalue weighted by Gasteiger charge is 2.35. The molecule has 37 heavy (non-hydrogen) atoms. The van der Waals surface area contributed by atoms with Gasteiger partial charge in [0.25, 0.3) is 0 Å². The molecule has 0 bridgehead atoms. The van der Waals surface area contributed by atoms with Crippen LogP contribution in [0.3, 0.4) is 0 Å². The molecule has 194 valence electrons. The Labute approximate surface area is 224 Å². The Bertz CT molecular complexity index is 1370. The van der Waals surface area contributed by atoms with Gasteiger partial charge in [0, 0.05) is 46.3 Å². The van der Waals surface area contributed by atoms with Gasteiger partial charge in [0.15, 0.2) is 5.13 Å². The second-order valence-corrected chi connectivity index (χ2v) is 10.5. The number of rotatable bonds is 9. The molecule has 8 nitrogen and oxygen atoms in total. The summed E-state index contributed by atoms with van der Waals surface area (Å²) >= 11 is 7.91. The van der Waals surface area contributed by atoms with E-state index in [2.05, 4.69) is 15.3 Å². The average Bonchev–Trinajstić information content (AvgIpc) is 3.49. The third-order valence-electron chi connectivity index (χ3n) is 6.30. The number of H-pyrrole nitrogens is 1. The molecule has 1 amide bonds. The van der Waals surface area contributed by atoms with E-state index in [-0.39, 0.29) is 18.7 Å². The Kier molecular flexibility index (Phi) is 7.83. The highest BCUT2D eigenvalue weighted by atomic mass is 35.5. The normalized spacial score (nSPS) is 15.0. The number of hydrogen-bond donors (Lipinski definition) is 2. The van der Waals surface area contributed by atoms with Crippen molar-refractivity contribution in [3.05, 3.63) is 75.4 Å². The summed E-state index contributed by atoms with van der Waals surface area (Å²) in [6.07, 6.45) is 2.19. The van der Waals surface area contributed by atoms with Gasteiger partial charge in [-0.05, 0) is 54.8 Å². The van der Waals surface area contributed by atoms with Gasteiger partial charge in [-0.3, -0.25) is 4.90 Å². The standard InChI is InChI=1S/C27H29ClN4O4S/c1-17-16-30-26(37-17)29-10-12-35-20-6-3-18(4-7-20)25-24-21(22-15-19(28)5-8-23(22)31-24)9-11-32(25)27(33)36-14-13-34-2/h3-8,15-16,25,31H,9-14H2,1-2H3,(H,29,30). The predicted molar refractivity (Wildman–Crippen MR) is 146 cm³/mol. The van der Waals surface area contributed by atoms with Crippen LogP contribution in [0.1, 0.15) is 27.7 Å². The minimum Gasteiger partial charge on any atom is -0.492 e. The molecular formula is C27H29ClN4O4S. The zero-order valence-corrected chi connectivity index (χ0v) is 22.3. The number of nitrogens with zero attached hydrogens (tertiary/aromatic N) is 2. The van der Waals surface area contributed by atoms with Gasteiger partial charge >= 0.3 is 6.09 Å². The molecule has 0 spiro atoms. The third kappa shape index (κ3) is 5.69. The zero-order chi connectivity index (χ0) is 25.8. The van der Waals surface area contributed by atoms with Gasteiger partial charge in [0.2, 0.25) is 0 Å². The molecule has 2 aromatic heterocycles. The maximum atomic E-state index is 13.1. The molecule has 10 heteroatoms. The summed E-state index contributed by atoms with van der Waals surface area (Å²) in [5.74, 6) is 0.759. The van der Waals surface area contributed by atoms with E-state index in [1.165, 1.54) is 10.4 Å². The van der Waals surface area contributed by atoms with Crippen molar-refractivity contribution in [1.82, 2.24) is 14.9 Å². The molecule has 2 N–H and O–H groups in total. The van der Waals surface area contributed by atoms with Crippen molar-refractivity contribution < 1.29 is 19.0 Å². The van der Waals surface area contributed by atoms with E-state index >= 15 is 0 Å². The van der Waals surface area contributed by atoms with Crippen molar-refractivity contribution in [2.75, 3.05) is 45.3 Å². The quantitative estimate of drug-likeness (QED) is 0.261. The number of halogens is 1. The van der Waals surface area contributed by atoms with E-state index in [9.17, 15) is 4.79 Å². The molecule has 1 unspecified atom stereocenters. The highest BCUT2D eigenvalue weighted by Crippen LogP contribution is 2.39. The van der Waals surface area contributed by atoms with E-state index < -0.39 is 0 Å². The monoisotopic (exact) mass is 540 g/mol. The predicted octanol–water partition coefficient (Wildman–Crippen LogP) is 5.81. The molecule has 0 aliphatic carbocycles. The number of anilines is 1. The molecule has 0 saturated carbocycles. The largest absolute Gasteiger partial charge is 0.492 e. The van der Waals surface area contributed by atoms with Crippen LogP contribution in [0.2, 0.25) is 5.02 Å². The molecule has 3 heterocycles. The highest BCUT2D eigenvalue weighted by molar-refractivity contribution is 7.15. The van der Waals surface area contributed by atoms with Crippen molar-refractivity contribution in [3.63, 3.8) is 0 Å². The number of carbonyl (C=O) groups excluding carboxylic acids is 1. The van der Waals surface area contributed by atoms with Crippen molar-refractivity contribution in [1.29, 1.82) is 0 Å². The second-order valence-electron chi connectivity index (χ2n) is 8.78. The van der Waals surface area contributed by atoms with E-state index in [0.29, 0.717) is 37.7 Å².